The number of ether oxygens (including phenoxy) is 1. The van der Waals surface area contributed by atoms with E-state index in [2.05, 4.69) is 35.7 Å². The Morgan fingerprint density at radius 1 is 1.26 bits per heavy atom. The number of likely N-dealkylation sites (tertiary alicyclic amines) is 1. The Labute approximate surface area is 111 Å². The maximum absolute atomic E-state index is 11.9. The quantitative estimate of drug-likeness (QED) is 0.846. The highest BCUT2D eigenvalue weighted by Crippen LogP contribution is 2.20. The van der Waals surface area contributed by atoms with Crippen molar-refractivity contribution in [3.8, 4) is 0 Å². The van der Waals surface area contributed by atoms with Gasteiger partial charge in [-0.05, 0) is 33.6 Å². The van der Waals surface area contributed by atoms with Crippen molar-refractivity contribution in [1.82, 2.24) is 10.2 Å². The molecule has 1 N–H and O–H groups in total. The molecule has 0 bridgehead atoms. The first-order valence-electron chi connectivity index (χ1n) is 6.33. The minimum Gasteiger partial charge on any atom is -0.440 e. The van der Waals surface area contributed by atoms with Gasteiger partial charge < -0.3 is 10.1 Å². The van der Waals surface area contributed by atoms with E-state index in [1.54, 1.807) is 0 Å². The number of alkyl carbamates (subject to hydrolysis) is 1. The molecule has 1 amide bonds. The van der Waals surface area contributed by atoms with Crippen LogP contribution >= 0.6 is 0 Å². The first-order valence-corrected chi connectivity index (χ1v) is 6.33. The highest BCUT2D eigenvalue weighted by Gasteiger charge is 2.31. The van der Waals surface area contributed by atoms with E-state index in [9.17, 15) is 18.0 Å². The molecule has 19 heavy (non-hydrogen) atoms. The highest BCUT2D eigenvalue weighted by atomic mass is 19.4. The predicted octanol–water partition coefficient (Wildman–Crippen LogP) is 2.54. The van der Waals surface area contributed by atoms with Gasteiger partial charge in [-0.2, -0.15) is 13.2 Å². The molecular weight excluding hydrogens is 261 g/mol. The molecule has 0 aromatic carbocycles. The Hall–Kier alpha value is -0.980. The lowest BCUT2D eigenvalue weighted by Gasteiger charge is -2.40. The summed E-state index contributed by atoms with van der Waals surface area (Å²) in [6.07, 6.45) is -4.03. The van der Waals surface area contributed by atoms with E-state index in [0.29, 0.717) is 0 Å². The van der Waals surface area contributed by atoms with E-state index in [0.717, 1.165) is 25.9 Å². The maximum atomic E-state index is 11.9. The summed E-state index contributed by atoms with van der Waals surface area (Å²) in [6, 6.07) is -0.112. The first-order chi connectivity index (χ1) is 8.58. The minimum absolute atomic E-state index is 0.0712. The molecule has 0 aromatic heterocycles. The van der Waals surface area contributed by atoms with Crippen molar-refractivity contribution in [2.24, 2.45) is 0 Å². The Bertz CT molecular complexity index is 305. The fourth-order valence-corrected chi connectivity index (χ4v) is 2.05. The number of nitrogens with zero attached hydrogens (tertiary/aromatic N) is 1. The van der Waals surface area contributed by atoms with Crippen LogP contribution in [-0.2, 0) is 4.74 Å². The second kappa shape index (κ2) is 5.98. The van der Waals surface area contributed by atoms with E-state index >= 15 is 0 Å². The largest absolute Gasteiger partial charge is 0.440 e. The summed E-state index contributed by atoms with van der Waals surface area (Å²) in [7, 11) is 0. The van der Waals surface area contributed by atoms with Gasteiger partial charge >= 0.3 is 12.3 Å². The molecule has 0 aliphatic carbocycles. The van der Waals surface area contributed by atoms with Crippen LogP contribution in [0.4, 0.5) is 18.0 Å². The van der Waals surface area contributed by atoms with Gasteiger partial charge in [-0.1, -0.05) is 0 Å². The zero-order valence-corrected chi connectivity index (χ0v) is 11.5. The molecular formula is C12H21F3N2O2. The average molecular weight is 282 g/mol. The van der Waals surface area contributed by atoms with Crippen molar-refractivity contribution in [1.29, 1.82) is 0 Å². The molecule has 1 aliphatic heterocycles. The Kier molecular flexibility index (Phi) is 5.06. The van der Waals surface area contributed by atoms with E-state index in [1.807, 2.05) is 0 Å². The van der Waals surface area contributed by atoms with Gasteiger partial charge in [0.2, 0.25) is 0 Å². The third-order valence-electron chi connectivity index (χ3n) is 3.13. The number of hydrogen-bond acceptors (Lipinski definition) is 3. The molecule has 0 aromatic rings. The zero-order valence-electron chi connectivity index (χ0n) is 11.5. The number of halogens is 3. The number of nitrogens with one attached hydrogen (secondary N) is 1. The van der Waals surface area contributed by atoms with Crippen LogP contribution in [0.2, 0.25) is 0 Å². The van der Waals surface area contributed by atoms with Crippen molar-refractivity contribution in [3.05, 3.63) is 0 Å². The zero-order chi connectivity index (χ0) is 14.7. The summed E-state index contributed by atoms with van der Waals surface area (Å²) in [5.41, 5.74) is 0.0712. The normalized spacial score (nSPS) is 19.3. The fourth-order valence-electron chi connectivity index (χ4n) is 2.05. The van der Waals surface area contributed by atoms with Crippen LogP contribution in [0.5, 0.6) is 0 Å². The van der Waals surface area contributed by atoms with Gasteiger partial charge in [-0.25, -0.2) is 4.79 Å². The van der Waals surface area contributed by atoms with Crippen molar-refractivity contribution in [3.63, 3.8) is 0 Å². The average Bonchev–Trinajstić information content (AvgIpc) is 2.25. The molecule has 0 atom stereocenters. The number of hydrogen-bond donors (Lipinski definition) is 1. The SMILES string of the molecule is CC(C)(C)N1CCC(NC(=O)OCC(F)(F)F)CC1. The fraction of sp³-hybridized carbons (Fsp3) is 0.917. The summed E-state index contributed by atoms with van der Waals surface area (Å²) in [4.78, 5) is 13.5. The van der Waals surface area contributed by atoms with Crippen LogP contribution in [-0.4, -0.2) is 48.4 Å². The summed E-state index contributed by atoms with van der Waals surface area (Å²) < 4.78 is 39.7. The van der Waals surface area contributed by atoms with Crippen LogP contribution in [0, 0.1) is 0 Å². The second-order valence-corrected chi connectivity index (χ2v) is 5.77. The van der Waals surface area contributed by atoms with E-state index in [4.69, 9.17) is 0 Å². The van der Waals surface area contributed by atoms with Crippen LogP contribution in [0.3, 0.4) is 0 Å². The minimum atomic E-state index is -4.48. The number of piperidine rings is 1. The standard InChI is InChI=1S/C12H21F3N2O2/c1-11(2,3)17-6-4-9(5-7-17)16-10(18)19-8-12(13,14)15/h9H,4-8H2,1-3H3,(H,16,18). The van der Waals surface area contributed by atoms with Crippen molar-refractivity contribution in [2.45, 2.75) is 51.4 Å². The summed E-state index contributed by atoms with van der Waals surface area (Å²) in [5.74, 6) is 0. The lowest BCUT2D eigenvalue weighted by Crippen LogP contribution is -2.51. The topological polar surface area (TPSA) is 41.6 Å². The smallest absolute Gasteiger partial charge is 0.422 e. The Balaban J connectivity index is 2.28. The van der Waals surface area contributed by atoms with E-state index in [1.165, 1.54) is 0 Å². The van der Waals surface area contributed by atoms with Crippen molar-refractivity contribution < 1.29 is 22.7 Å². The van der Waals surface area contributed by atoms with Crippen LogP contribution in [0.25, 0.3) is 0 Å². The lowest BCUT2D eigenvalue weighted by molar-refractivity contribution is -0.160. The summed E-state index contributed by atoms with van der Waals surface area (Å²) in [5, 5.41) is 2.48. The first kappa shape index (κ1) is 16.1. The molecule has 0 unspecified atom stereocenters. The molecule has 1 heterocycles. The molecule has 1 aliphatic rings. The molecule has 4 nitrogen and oxygen atoms in total. The number of carbonyl (C=O) groups excluding carboxylic acids is 1. The van der Waals surface area contributed by atoms with Gasteiger partial charge in [0.15, 0.2) is 6.61 Å². The molecule has 0 spiro atoms. The predicted molar refractivity (Wildman–Crippen MR) is 64.9 cm³/mol. The maximum Gasteiger partial charge on any atom is 0.422 e. The van der Waals surface area contributed by atoms with Gasteiger partial charge in [0, 0.05) is 24.7 Å². The van der Waals surface area contributed by atoms with Gasteiger partial charge in [0.1, 0.15) is 0 Å². The van der Waals surface area contributed by atoms with E-state index < -0.39 is 18.9 Å². The second-order valence-electron chi connectivity index (χ2n) is 5.77. The molecule has 1 rings (SSSR count). The number of carbonyl (C=O) groups is 1. The molecule has 112 valence electrons. The monoisotopic (exact) mass is 282 g/mol. The number of alkyl halides is 3. The van der Waals surface area contributed by atoms with Gasteiger partial charge in [0.05, 0.1) is 0 Å². The van der Waals surface area contributed by atoms with E-state index in [-0.39, 0.29) is 11.6 Å². The molecule has 1 saturated heterocycles. The molecule has 1 fully saturated rings. The van der Waals surface area contributed by atoms with Gasteiger partial charge in [0.25, 0.3) is 0 Å². The van der Waals surface area contributed by atoms with Crippen molar-refractivity contribution in [2.75, 3.05) is 19.7 Å². The molecule has 0 saturated carbocycles. The van der Waals surface area contributed by atoms with Crippen LogP contribution in [0.15, 0.2) is 0 Å². The van der Waals surface area contributed by atoms with Crippen molar-refractivity contribution >= 4 is 6.09 Å². The van der Waals surface area contributed by atoms with Gasteiger partial charge in [-0.3, -0.25) is 4.90 Å². The Morgan fingerprint density at radius 2 is 1.79 bits per heavy atom. The Morgan fingerprint density at radius 3 is 2.21 bits per heavy atom. The highest BCUT2D eigenvalue weighted by molar-refractivity contribution is 5.67. The number of rotatable bonds is 2. The molecule has 7 heteroatoms. The number of amides is 1. The van der Waals surface area contributed by atoms with Crippen LogP contribution < -0.4 is 5.32 Å². The summed E-state index contributed by atoms with van der Waals surface area (Å²) >= 11 is 0. The third kappa shape index (κ3) is 6.13. The summed E-state index contributed by atoms with van der Waals surface area (Å²) in [6.45, 7) is 6.41. The molecule has 0 radical (unpaired) electrons. The van der Waals surface area contributed by atoms with Crippen LogP contribution in [0.1, 0.15) is 33.6 Å². The van der Waals surface area contributed by atoms with Gasteiger partial charge in [-0.15, -0.1) is 0 Å². The third-order valence-corrected chi connectivity index (χ3v) is 3.13. The lowest BCUT2D eigenvalue weighted by atomic mass is 9.98.